The van der Waals surface area contributed by atoms with Gasteiger partial charge in [-0.3, -0.25) is 5.41 Å². The van der Waals surface area contributed by atoms with E-state index in [1.54, 1.807) is 0 Å². The minimum atomic E-state index is 0.256. The molecule has 0 fully saturated rings. The minimum absolute atomic E-state index is 0.256. The molecule has 1 rings (SSSR count). The highest BCUT2D eigenvalue weighted by atomic mass is 35.5. The Morgan fingerprint density at radius 3 is 2.75 bits per heavy atom. The van der Waals surface area contributed by atoms with Crippen molar-refractivity contribution < 1.29 is 0 Å². The Morgan fingerprint density at radius 1 is 1.44 bits per heavy atom. The Balaban J connectivity index is 2.37. The summed E-state index contributed by atoms with van der Waals surface area (Å²) in [6.45, 7) is 1.75. The number of halogens is 1. The van der Waals surface area contributed by atoms with E-state index < -0.39 is 0 Å². The van der Waals surface area contributed by atoms with E-state index in [1.807, 2.05) is 31.3 Å². The van der Waals surface area contributed by atoms with E-state index in [0.29, 0.717) is 6.42 Å². The summed E-state index contributed by atoms with van der Waals surface area (Å²) in [5.41, 5.74) is 6.43. The first-order chi connectivity index (χ1) is 7.59. The molecule has 16 heavy (non-hydrogen) atoms. The Hall–Kier alpha value is -1.06. The van der Waals surface area contributed by atoms with Crippen LogP contribution in [-0.4, -0.2) is 24.3 Å². The number of nitrogens with two attached hydrogens (primary N) is 1. The average molecular weight is 240 g/mol. The molecule has 0 amide bonds. The lowest BCUT2D eigenvalue weighted by atomic mass is 10.2. The Kier molecular flexibility index (Phi) is 5.29. The quantitative estimate of drug-likeness (QED) is 0.592. The minimum Gasteiger partial charge on any atom is -0.388 e. The molecule has 0 aromatic heterocycles. The van der Waals surface area contributed by atoms with E-state index in [9.17, 15) is 0 Å². The number of nitrogens with one attached hydrogen (secondary N) is 1. The van der Waals surface area contributed by atoms with Gasteiger partial charge >= 0.3 is 0 Å². The molecular formula is C12H18ClN3. The Labute approximate surface area is 102 Å². The molecule has 88 valence electrons. The number of benzene rings is 1. The van der Waals surface area contributed by atoms with Gasteiger partial charge in [0.05, 0.1) is 5.84 Å². The molecule has 0 saturated carbocycles. The molecule has 3 N–H and O–H groups in total. The van der Waals surface area contributed by atoms with E-state index in [4.69, 9.17) is 22.7 Å². The van der Waals surface area contributed by atoms with Crippen LogP contribution in [0.4, 0.5) is 0 Å². The second-order valence-corrected chi connectivity index (χ2v) is 4.37. The molecular weight excluding hydrogens is 222 g/mol. The zero-order chi connectivity index (χ0) is 12.0. The van der Waals surface area contributed by atoms with Gasteiger partial charge in [-0.05, 0) is 31.6 Å². The van der Waals surface area contributed by atoms with E-state index in [1.165, 1.54) is 0 Å². The van der Waals surface area contributed by atoms with Gasteiger partial charge in [0, 0.05) is 18.0 Å². The molecule has 0 bridgehead atoms. The van der Waals surface area contributed by atoms with Crippen LogP contribution >= 0.6 is 11.6 Å². The summed E-state index contributed by atoms with van der Waals surface area (Å²) in [5.74, 6) is 0.256. The van der Waals surface area contributed by atoms with Gasteiger partial charge in [-0.1, -0.05) is 29.8 Å². The first-order valence-corrected chi connectivity index (χ1v) is 5.72. The van der Waals surface area contributed by atoms with Gasteiger partial charge in [0.2, 0.25) is 0 Å². The molecule has 0 aliphatic heterocycles. The van der Waals surface area contributed by atoms with Crippen LogP contribution in [0.25, 0.3) is 0 Å². The fourth-order valence-electron chi connectivity index (χ4n) is 1.54. The lowest BCUT2D eigenvalue weighted by molar-refractivity contribution is 0.324. The van der Waals surface area contributed by atoms with Crippen LogP contribution in [0.15, 0.2) is 24.3 Å². The first kappa shape index (κ1) is 13.0. The molecule has 0 heterocycles. The molecule has 0 aliphatic carbocycles. The van der Waals surface area contributed by atoms with Crippen LogP contribution in [0, 0.1) is 5.41 Å². The summed E-state index contributed by atoms with van der Waals surface area (Å²) in [4.78, 5) is 2.18. The lowest BCUT2D eigenvalue weighted by Crippen LogP contribution is -2.21. The van der Waals surface area contributed by atoms with Crippen LogP contribution in [0.5, 0.6) is 0 Å². The number of hydrogen-bond acceptors (Lipinski definition) is 2. The highest BCUT2D eigenvalue weighted by Gasteiger charge is 2.03. The van der Waals surface area contributed by atoms with Crippen molar-refractivity contribution in [3.8, 4) is 0 Å². The van der Waals surface area contributed by atoms with Crippen molar-refractivity contribution in [3.63, 3.8) is 0 Å². The van der Waals surface area contributed by atoms with Gasteiger partial charge in [-0.15, -0.1) is 0 Å². The van der Waals surface area contributed by atoms with Crippen molar-refractivity contribution in [2.24, 2.45) is 5.73 Å². The summed E-state index contributed by atoms with van der Waals surface area (Å²) in [6, 6.07) is 7.86. The topological polar surface area (TPSA) is 53.1 Å². The van der Waals surface area contributed by atoms with Crippen molar-refractivity contribution in [3.05, 3.63) is 34.9 Å². The third kappa shape index (κ3) is 4.64. The van der Waals surface area contributed by atoms with Gasteiger partial charge in [-0.2, -0.15) is 0 Å². The largest absolute Gasteiger partial charge is 0.388 e. The molecule has 1 aromatic rings. The van der Waals surface area contributed by atoms with Crippen molar-refractivity contribution >= 4 is 17.4 Å². The fraction of sp³-hybridized carbons (Fsp3) is 0.417. The van der Waals surface area contributed by atoms with Crippen LogP contribution < -0.4 is 5.73 Å². The number of nitrogens with zero attached hydrogens (tertiary/aromatic N) is 1. The highest BCUT2D eigenvalue weighted by Crippen LogP contribution is 2.16. The maximum atomic E-state index is 7.13. The summed E-state index contributed by atoms with van der Waals surface area (Å²) >= 11 is 6.07. The van der Waals surface area contributed by atoms with Crippen LogP contribution in [0.3, 0.4) is 0 Å². The van der Waals surface area contributed by atoms with Crippen molar-refractivity contribution in [2.45, 2.75) is 19.4 Å². The molecule has 0 saturated heterocycles. The molecule has 4 heteroatoms. The SMILES string of the molecule is CN(CCCC(=N)N)Cc1ccccc1Cl. The van der Waals surface area contributed by atoms with Gasteiger partial charge in [0.1, 0.15) is 0 Å². The molecule has 1 aromatic carbocycles. The lowest BCUT2D eigenvalue weighted by Gasteiger charge is -2.17. The second-order valence-electron chi connectivity index (χ2n) is 3.96. The number of rotatable bonds is 6. The monoisotopic (exact) mass is 239 g/mol. The predicted molar refractivity (Wildman–Crippen MR) is 68.9 cm³/mol. The normalized spacial score (nSPS) is 10.7. The van der Waals surface area contributed by atoms with E-state index in [-0.39, 0.29) is 5.84 Å². The fourth-order valence-corrected chi connectivity index (χ4v) is 1.73. The van der Waals surface area contributed by atoms with Gasteiger partial charge in [0.15, 0.2) is 0 Å². The maximum Gasteiger partial charge on any atom is 0.0905 e. The van der Waals surface area contributed by atoms with Crippen LogP contribution in [0.1, 0.15) is 18.4 Å². The van der Waals surface area contributed by atoms with E-state index in [0.717, 1.165) is 30.1 Å². The van der Waals surface area contributed by atoms with Crippen molar-refractivity contribution in [1.29, 1.82) is 5.41 Å². The summed E-state index contributed by atoms with van der Waals surface area (Å²) in [5, 5.41) is 7.94. The number of hydrogen-bond donors (Lipinski definition) is 2. The molecule has 0 unspecified atom stereocenters. The average Bonchev–Trinajstić information content (AvgIpc) is 2.21. The van der Waals surface area contributed by atoms with Crippen LogP contribution in [0.2, 0.25) is 5.02 Å². The summed E-state index contributed by atoms with van der Waals surface area (Å²) in [7, 11) is 2.05. The van der Waals surface area contributed by atoms with Crippen LogP contribution in [-0.2, 0) is 6.54 Å². The van der Waals surface area contributed by atoms with Gasteiger partial charge in [0.25, 0.3) is 0 Å². The maximum absolute atomic E-state index is 7.13. The third-order valence-electron chi connectivity index (χ3n) is 2.38. The van der Waals surface area contributed by atoms with Crippen molar-refractivity contribution in [2.75, 3.05) is 13.6 Å². The smallest absolute Gasteiger partial charge is 0.0905 e. The highest BCUT2D eigenvalue weighted by molar-refractivity contribution is 6.31. The summed E-state index contributed by atoms with van der Waals surface area (Å²) < 4.78 is 0. The van der Waals surface area contributed by atoms with E-state index >= 15 is 0 Å². The Morgan fingerprint density at radius 2 is 2.12 bits per heavy atom. The first-order valence-electron chi connectivity index (χ1n) is 5.34. The van der Waals surface area contributed by atoms with Gasteiger partial charge < -0.3 is 10.6 Å². The second kappa shape index (κ2) is 6.51. The molecule has 0 radical (unpaired) electrons. The molecule has 0 spiro atoms. The Bertz CT molecular complexity index is 352. The zero-order valence-corrected chi connectivity index (χ0v) is 10.3. The molecule has 3 nitrogen and oxygen atoms in total. The van der Waals surface area contributed by atoms with Crippen molar-refractivity contribution in [1.82, 2.24) is 4.90 Å². The summed E-state index contributed by atoms with van der Waals surface area (Å²) in [6.07, 6.45) is 1.57. The van der Waals surface area contributed by atoms with E-state index in [2.05, 4.69) is 4.90 Å². The third-order valence-corrected chi connectivity index (χ3v) is 2.75. The molecule has 0 atom stereocenters. The standard InChI is InChI=1S/C12H18ClN3/c1-16(8-4-7-12(14)15)9-10-5-2-3-6-11(10)13/h2-3,5-6H,4,7-9H2,1H3,(H3,14,15). The molecule has 0 aliphatic rings. The zero-order valence-electron chi connectivity index (χ0n) is 9.54. The number of amidine groups is 1. The van der Waals surface area contributed by atoms with Gasteiger partial charge in [-0.25, -0.2) is 0 Å². The predicted octanol–water partition coefficient (Wildman–Crippen LogP) is 2.49.